The minimum absolute atomic E-state index is 0.291. The Morgan fingerprint density at radius 1 is 1.33 bits per heavy atom. The first-order valence-electron chi connectivity index (χ1n) is 7.61. The topological polar surface area (TPSA) is 124 Å². The van der Waals surface area contributed by atoms with E-state index >= 15 is 0 Å². The van der Waals surface area contributed by atoms with E-state index < -0.39 is 24.5 Å². The lowest BCUT2D eigenvalue weighted by Gasteiger charge is -2.22. The van der Waals surface area contributed by atoms with Crippen LogP contribution in [-0.2, 0) is 14.2 Å². The molecule has 4 atom stereocenters. The molecule has 1 saturated heterocycles. The molecule has 2 aromatic heterocycles. The zero-order chi connectivity index (χ0) is 17.1. The third-order valence-corrected chi connectivity index (χ3v) is 3.96. The Balaban J connectivity index is 1.93. The molecule has 24 heavy (non-hydrogen) atoms. The number of nitrogens with one attached hydrogen (secondary N) is 1. The first-order chi connectivity index (χ1) is 11.7. The van der Waals surface area contributed by atoms with E-state index in [1.807, 2.05) is 0 Å². The highest BCUT2D eigenvalue weighted by atomic mass is 16.6. The summed E-state index contributed by atoms with van der Waals surface area (Å²) in [7, 11) is 3.31. The Bertz CT molecular complexity index is 681. The van der Waals surface area contributed by atoms with Gasteiger partial charge in [0, 0.05) is 14.2 Å². The third kappa shape index (κ3) is 2.94. The van der Waals surface area contributed by atoms with Gasteiger partial charge in [-0.15, -0.1) is 0 Å². The van der Waals surface area contributed by atoms with E-state index in [0.717, 1.165) is 0 Å². The Morgan fingerprint density at radius 2 is 2.17 bits per heavy atom. The monoisotopic (exact) mass is 339 g/mol. The number of hydrogen-bond donors (Lipinski definition) is 3. The van der Waals surface area contributed by atoms with Crippen molar-refractivity contribution in [3.63, 3.8) is 0 Å². The first-order valence-corrected chi connectivity index (χ1v) is 7.61. The summed E-state index contributed by atoms with van der Waals surface area (Å²) in [5.74, 6) is 0.591. The van der Waals surface area contributed by atoms with Crippen molar-refractivity contribution < 1.29 is 24.4 Å². The molecule has 3 N–H and O–H groups in total. The molecule has 2 aromatic rings. The average Bonchev–Trinajstić information content (AvgIpc) is 3.16. The van der Waals surface area contributed by atoms with Crippen LogP contribution in [0.25, 0.3) is 11.2 Å². The molecule has 1 unspecified atom stereocenters. The molecule has 0 saturated carbocycles. The number of rotatable bonds is 7. The number of fused-ring (bicyclic) bond motifs is 1. The van der Waals surface area contributed by atoms with Crippen molar-refractivity contribution in [1.29, 1.82) is 0 Å². The molecule has 132 valence electrons. The zero-order valence-electron chi connectivity index (χ0n) is 13.5. The highest BCUT2D eigenvalue weighted by Crippen LogP contribution is 2.34. The molecule has 0 aliphatic carbocycles. The SMILES string of the molecule is CNc1ncnc2c1ncn2[C@@H]1O[C@H](CO)[C@H](O)C1OCCOC. The Morgan fingerprint density at radius 3 is 2.88 bits per heavy atom. The normalized spacial score (nSPS) is 27.0. The van der Waals surface area contributed by atoms with Crippen molar-refractivity contribution in [3.8, 4) is 0 Å². The van der Waals surface area contributed by atoms with Crippen LogP contribution in [0.2, 0.25) is 0 Å². The summed E-state index contributed by atoms with van der Waals surface area (Å²) in [6.07, 6.45) is -0.0849. The summed E-state index contributed by atoms with van der Waals surface area (Å²) in [6, 6.07) is 0. The van der Waals surface area contributed by atoms with Gasteiger partial charge in [-0.3, -0.25) is 4.57 Å². The molecule has 0 aromatic carbocycles. The largest absolute Gasteiger partial charge is 0.394 e. The number of anilines is 1. The second-order valence-corrected chi connectivity index (χ2v) is 5.36. The fourth-order valence-corrected chi connectivity index (χ4v) is 2.76. The third-order valence-electron chi connectivity index (χ3n) is 3.96. The number of imidazole rings is 1. The molecule has 0 radical (unpaired) electrons. The fraction of sp³-hybridized carbons (Fsp3) is 0.643. The van der Waals surface area contributed by atoms with Gasteiger partial charge in [0.15, 0.2) is 17.7 Å². The van der Waals surface area contributed by atoms with Crippen molar-refractivity contribution in [3.05, 3.63) is 12.7 Å². The van der Waals surface area contributed by atoms with Gasteiger partial charge in [0.05, 0.1) is 26.1 Å². The lowest BCUT2D eigenvalue weighted by molar-refractivity contribution is -0.0785. The van der Waals surface area contributed by atoms with Gasteiger partial charge >= 0.3 is 0 Å². The van der Waals surface area contributed by atoms with Crippen LogP contribution in [0.1, 0.15) is 6.23 Å². The number of methoxy groups -OCH3 is 1. The van der Waals surface area contributed by atoms with Gasteiger partial charge < -0.3 is 29.7 Å². The highest BCUT2D eigenvalue weighted by molar-refractivity contribution is 5.82. The van der Waals surface area contributed by atoms with Crippen molar-refractivity contribution in [2.24, 2.45) is 0 Å². The average molecular weight is 339 g/mol. The van der Waals surface area contributed by atoms with Crippen molar-refractivity contribution in [2.75, 3.05) is 39.3 Å². The molecule has 1 fully saturated rings. The Hall–Kier alpha value is -1.85. The van der Waals surface area contributed by atoms with Crippen molar-refractivity contribution >= 4 is 17.0 Å². The number of nitrogens with zero attached hydrogens (tertiary/aromatic N) is 4. The predicted octanol–water partition coefficient (Wildman–Crippen LogP) is -0.850. The number of ether oxygens (including phenoxy) is 3. The molecule has 10 heteroatoms. The van der Waals surface area contributed by atoms with E-state index in [2.05, 4.69) is 20.3 Å². The smallest absolute Gasteiger partial charge is 0.167 e. The molecule has 3 rings (SSSR count). The quantitative estimate of drug-likeness (QED) is 0.553. The van der Waals surface area contributed by atoms with Gasteiger partial charge in [0.2, 0.25) is 0 Å². The van der Waals surface area contributed by atoms with Crippen LogP contribution in [0, 0.1) is 0 Å². The second-order valence-electron chi connectivity index (χ2n) is 5.36. The summed E-state index contributed by atoms with van der Waals surface area (Å²) in [5.41, 5.74) is 1.13. The fourth-order valence-electron chi connectivity index (χ4n) is 2.76. The van der Waals surface area contributed by atoms with Gasteiger partial charge in [-0.25, -0.2) is 15.0 Å². The van der Waals surface area contributed by atoms with Crippen LogP contribution in [0.5, 0.6) is 0 Å². The van der Waals surface area contributed by atoms with E-state index in [4.69, 9.17) is 14.2 Å². The van der Waals surface area contributed by atoms with Crippen LogP contribution in [0.3, 0.4) is 0 Å². The van der Waals surface area contributed by atoms with Gasteiger partial charge in [-0.2, -0.15) is 0 Å². The van der Waals surface area contributed by atoms with E-state index in [1.165, 1.54) is 6.33 Å². The maximum Gasteiger partial charge on any atom is 0.167 e. The maximum absolute atomic E-state index is 10.4. The van der Waals surface area contributed by atoms with Gasteiger partial charge in [-0.05, 0) is 0 Å². The molecule has 0 spiro atoms. The number of aliphatic hydroxyl groups excluding tert-OH is 2. The highest BCUT2D eigenvalue weighted by Gasteiger charge is 2.45. The zero-order valence-corrected chi connectivity index (χ0v) is 13.5. The van der Waals surface area contributed by atoms with Crippen LogP contribution in [0.15, 0.2) is 12.7 Å². The van der Waals surface area contributed by atoms with Gasteiger partial charge in [-0.1, -0.05) is 0 Å². The standard InChI is InChI=1S/C14H21N5O5/c1-15-12-9-13(17-6-16-12)19(7-18-9)14-11(23-4-3-22-2)10(21)8(5-20)24-14/h6-8,10-11,14,20-21H,3-5H2,1-2H3,(H,15,16,17)/t8-,10+,11?,14-/m1/s1. The lowest BCUT2D eigenvalue weighted by atomic mass is 10.1. The van der Waals surface area contributed by atoms with Crippen LogP contribution >= 0.6 is 0 Å². The van der Waals surface area contributed by atoms with E-state index in [1.54, 1.807) is 25.1 Å². The second kappa shape index (κ2) is 7.36. The van der Waals surface area contributed by atoms with Gasteiger partial charge in [0.25, 0.3) is 0 Å². The Kier molecular flexibility index (Phi) is 5.21. The lowest BCUT2D eigenvalue weighted by Crippen LogP contribution is -2.36. The first kappa shape index (κ1) is 17.0. The molecular formula is C14H21N5O5. The molecule has 10 nitrogen and oxygen atoms in total. The molecule has 1 aliphatic heterocycles. The van der Waals surface area contributed by atoms with Crippen molar-refractivity contribution in [2.45, 2.75) is 24.5 Å². The maximum atomic E-state index is 10.4. The number of aromatic nitrogens is 4. The summed E-state index contributed by atoms with van der Waals surface area (Å²) in [6.45, 7) is 0.362. The van der Waals surface area contributed by atoms with Crippen LogP contribution in [-0.4, -0.2) is 82.0 Å². The van der Waals surface area contributed by atoms with E-state index in [-0.39, 0.29) is 6.61 Å². The molecule has 0 bridgehead atoms. The summed E-state index contributed by atoms with van der Waals surface area (Å²) < 4.78 is 18.1. The van der Waals surface area contributed by atoms with Crippen LogP contribution < -0.4 is 5.32 Å². The molecule has 3 heterocycles. The minimum atomic E-state index is -0.972. The predicted molar refractivity (Wildman–Crippen MR) is 83.5 cm³/mol. The molecular weight excluding hydrogens is 318 g/mol. The summed E-state index contributed by atoms with van der Waals surface area (Å²) >= 11 is 0. The molecule has 0 amide bonds. The summed E-state index contributed by atoms with van der Waals surface area (Å²) in [5, 5.41) is 22.7. The minimum Gasteiger partial charge on any atom is -0.394 e. The van der Waals surface area contributed by atoms with E-state index in [9.17, 15) is 10.2 Å². The van der Waals surface area contributed by atoms with E-state index in [0.29, 0.717) is 30.2 Å². The van der Waals surface area contributed by atoms with Crippen LogP contribution in [0.4, 0.5) is 5.82 Å². The Labute approximate surface area is 138 Å². The van der Waals surface area contributed by atoms with Gasteiger partial charge in [0.1, 0.15) is 30.2 Å². The number of hydrogen-bond acceptors (Lipinski definition) is 9. The van der Waals surface area contributed by atoms with Crippen molar-refractivity contribution in [1.82, 2.24) is 19.5 Å². The molecule has 1 aliphatic rings. The summed E-state index contributed by atoms with van der Waals surface area (Å²) in [4.78, 5) is 12.7. The number of aliphatic hydroxyl groups is 2.